The zero-order valence-electron chi connectivity index (χ0n) is 12.9. The van der Waals surface area contributed by atoms with Crippen molar-refractivity contribution in [2.75, 3.05) is 19.0 Å². The van der Waals surface area contributed by atoms with Gasteiger partial charge in [-0.15, -0.1) is 0 Å². The van der Waals surface area contributed by atoms with Crippen LogP contribution in [0.1, 0.15) is 45.4 Å². The maximum Gasteiger partial charge on any atom is 0.333 e. The van der Waals surface area contributed by atoms with Crippen LogP contribution in [0, 0.1) is 0 Å². The highest BCUT2D eigenvalue weighted by atomic mass is 32.2. The largest absolute Gasteiger partial charge is 0.465 e. The van der Waals surface area contributed by atoms with E-state index in [0.29, 0.717) is 18.6 Å². The highest BCUT2D eigenvalue weighted by molar-refractivity contribution is 7.86. The molecule has 0 saturated carbocycles. The minimum atomic E-state index is -4.31. The number of hydrogen-bond acceptors (Lipinski definition) is 6. The fourth-order valence-electron chi connectivity index (χ4n) is 1.58. The van der Waals surface area contributed by atoms with Gasteiger partial charge in [0.2, 0.25) is 0 Å². The van der Waals surface area contributed by atoms with E-state index in [2.05, 4.69) is 11.3 Å². The van der Waals surface area contributed by atoms with E-state index in [1.54, 1.807) is 6.92 Å². The summed E-state index contributed by atoms with van der Waals surface area (Å²) in [6.45, 7) is 5.62. The minimum absolute atomic E-state index is 0.143. The van der Waals surface area contributed by atoms with E-state index < -0.39 is 21.8 Å². The Morgan fingerprint density at radius 3 is 1.86 bits per heavy atom. The number of rotatable bonds is 12. The smallest absolute Gasteiger partial charge is 0.333 e. The maximum atomic E-state index is 11.1. The lowest BCUT2D eigenvalue weighted by atomic mass is 10.1. The van der Waals surface area contributed by atoms with Gasteiger partial charge in [-0.3, -0.25) is 9.35 Å². The molecule has 8 heteroatoms. The summed E-state index contributed by atoms with van der Waals surface area (Å²) in [6, 6.07) is 0. The molecule has 0 aromatic rings. The topological polar surface area (TPSA) is 107 Å². The van der Waals surface area contributed by atoms with Gasteiger partial charge >= 0.3 is 11.9 Å². The molecule has 0 amide bonds. The molecule has 0 unspecified atom stereocenters. The standard InChI is InChI=1S/C14H24O7S/c1-12(2)14(16)21-10-8-6-4-3-5-7-9-20-13(15)11-22(17,18)19/h1,3-11H2,2H3,(H,17,18,19). The molecule has 0 spiro atoms. The third kappa shape index (κ3) is 13.6. The van der Waals surface area contributed by atoms with Crippen LogP contribution in [0.3, 0.4) is 0 Å². The number of unbranched alkanes of at least 4 members (excludes halogenated alkanes) is 5. The van der Waals surface area contributed by atoms with Gasteiger partial charge in [-0.25, -0.2) is 4.79 Å². The van der Waals surface area contributed by atoms with E-state index >= 15 is 0 Å². The van der Waals surface area contributed by atoms with Crippen molar-refractivity contribution in [2.24, 2.45) is 0 Å². The van der Waals surface area contributed by atoms with Crippen LogP contribution >= 0.6 is 0 Å². The zero-order chi connectivity index (χ0) is 17.0. The average molecular weight is 336 g/mol. The quantitative estimate of drug-likeness (QED) is 0.251. The lowest BCUT2D eigenvalue weighted by molar-refractivity contribution is -0.141. The third-order valence-electron chi connectivity index (χ3n) is 2.68. The van der Waals surface area contributed by atoms with E-state index in [4.69, 9.17) is 9.29 Å². The third-order valence-corrected chi connectivity index (χ3v) is 3.28. The lowest BCUT2D eigenvalue weighted by Crippen LogP contribution is -2.18. The summed E-state index contributed by atoms with van der Waals surface area (Å²) in [5, 5.41) is 0. The van der Waals surface area contributed by atoms with Crippen LogP contribution in [-0.2, 0) is 29.2 Å². The first-order valence-corrected chi connectivity index (χ1v) is 8.76. The van der Waals surface area contributed by atoms with Crippen LogP contribution in [0.25, 0.3) is 0 Å². The van der Waals surface area contributed by atoms with Gasteiger partial charge in [0.15, 0.2) is 5.75 Å². The summed E-state index contributed by atoms with van der Waals surface area (Å²) < 4.78 is 38.8. The first-order chi connectivity index (χ1) is 10.2. The second-order valence-electron chi connectivity index (χ2n) is 4.98. The molecule has 0 heterocycles. The molecule has 0 bridgehead atoms. The molecular weight excluding hydrogens is 312 g/mol. The van der Waals surface area contributed by atoms with Crippen molar-refractivity contribution >= 4 is 22.1 Å². The molecule has 7 nitrogen and oxygen atoms in total. The second kappa shape index (κ2) is 11.2. The Hall–Kier alpha value is -1.41. The molecule has 0 aromatic heterocycles. The molecular formula is C14H24O7S. The van der Waals surface area contributed by atoms with Gasteiger partial charge in [-0.2, -0.15) is 8.42 Å². The van der Waals surface area contributed by atoms with E-state index in [-0.39, 0.29) is 12.6 Å². The lowest BCUT2D eigenvalue weighted by Gasteiger charge is -2.05. The van der Waals surface area contributed by atoms with Gasteiger partial charge in [0.05, 0.1) is 13.2 Å². The van der Waals surface area contributed by atoms with Crippen molar-refractivity contribution in [2.45, 2.75) is 45.4 Å². The summed E-state index contributed by atoms with van der Waals surface area (Å²) in [5.41, 5.74) is 0.392. The SMILES string of the molecule is C=C(C)C(=O)OCCCCCCCCOC(=O)CS(=O)(=O)O. The summed E-state index contributed by atoms with van der Waals surface area (Å²) >= 11 is 0. The van der Waals surface area contributed by atoms with Crippen molar-refractivity contribution < 1.29 is 32.0 Å². The van der Waals surface area contributed by atoms with E-state index in [9.17, 15) is 18.0 Å². The molecule has 1 N–H and O–H groups in total. The van der Waals surface area contributed by atoms with Crippen LogP contribution < -0.4 is 0 Å². The number of carbonyl (C=O) groups excluding carboxylic acids is 2. The van der Waals surface area contributed by atoms with Crippen LogP contribution in [-0.4, -0.2) is 43.9 Å². The summed E-state index contributed by atoms with van der Waals surface area (Å²) in [5.74, 6) is -2.32. The monoisotopic (exact) mass is 336 g/mol. The Labute approximate surface area is 131 Å². The van der Waals surface area contributed by atoms with Gasteiger partial charge in [-0.1, -0.05) is 32.3 Å². The van der Waals surface area contributed by atoms with Gasteiger partial charge < -0.3 is 9.47 Å². The normalized spacial score (nSPS) is 11.0. The van der Waals surface area contributed by atoms with Gasteiger partial charge in [-0.05, 0) is 19.8 Å². The van der Waals surface area contributed by atoms with E-state index in [1.807, 2.05) is 0 Å². The van der Waals surface area contributed by atoms with Gasteiger partial charge in [0.25, 0.3) is 10.1 Å². The van der Waals surface area contributed by atoms with Gasteiger partial charge in [0.1, 0.15) is 0 Å². The first-order valence-electron chi connectivity index (χ1n) is 7.16. The highest BCUT2D eigenvalue weighted by Gasteiger charge is 2.13. The van der Waals surface area contributed by atoms with Crippen LogP contribution in [0.5, 0.6) is 0 Å². The van der Waals surface area contributed by atoms with Crippen molar-refractivity contribution in [3.8, 4) is 0 Å². The van der Waals surface area contributed by atoms with Crippen molar-refractivity contribution in [3.63, 3.8) is 0 Å². The zero-order valence-corrected chi connectivity index (χ0v) is 13.7. The molecule has 0 aliphatic carbocycles. The second-order valence-corrected chi connectivity index (χ2v) is 6.44. The predicted octanol–water partition coefficient (Wildman–Crippen LogP) is 1.88. The van der Waals surface area contributed by atoms with E-state index in [0.717, 1.165) is 32.1 Å². The Bertz CT molecular complexity index is 468. The average Bonchev–Trinajstić information content (AvgIpc) is 2.38. The van der Waals surface area contributed by atoms with Gasteiger partial charge in [0, 0.05) is 5.57 Å². The molecule has 22 heavy (non-hydrogen) atoms. The minimum Gasteiger partial charge on any atom is -0.465 e. The molecule has 0 aliphatic rings. The maximum absolute atomic E-state index is 11.1. The Balaban J connectivity index is 3.36. The molecule has 0 radical (unpaired) electrons. The molecule has 0 saturated heterocycles. The van der Waals surface area contributed by atoms with Crippen LogP contribution in [0.2, 0.25) is 0 Å². The highest BCUT2D eigenvalue weighted by Crippen LogP contribution is 2.06. The number of esters is 2. The Morgan fingerprint density at radius 1 is 0.955 bits per heavy atom. The van der Waals surface area contributed by atoms with Crippen LogP contribution in [0.4, 0.5) is 0 Å². The van der Waals surface area contributed by atoms with Crippen LogP contribution in [0.15, 0.2) is 12.2 Å². The summed E-state index contributed by atoms with van der Waals surface area (Å²) in [7, 11) is -4.31. The summed E-state index contributed by atoms with van der Waals surface area (Å²) in [4.78, 5) is 22.0. The Kier molecular flexibility index (Phi) is 10.5. The fourth-order valence-corrected chi connectivity index (χ4v) is 1.96. The number of carbonyl (C=O) groups is 2. The number of hydrogen-bond donors (Lipinski definition) is 1. The molecule has 0 atom stereocenters. The molecule has 0 aliphatic heterocycles. The molecule has 0 aromatic carbocycles. The van der Waals surface area contributed by atoms with E-state index in [1.165, 1.54) is 0 Å². The molecule has 0 rings (SSSR count). The first kappa shape index (κ1) is 20.6. The fraction of sp³-hybridized carbons (Fsp3) is 0.714. The molecule has 0 fully saturated rings. The molecule has 128 valence electrons. The van der Waals surface area contributed by atoms with Crippen molar-refractivity contribution in [3.05, 3.63) is 12.2 Å². The van der Waals surface area contributed by atoms with Crippen molar-refractivity contribution in [1.82, 2.24) is 0 Å². The Morgan fingerprint density at radius 2 is 1.41 bits per heavy atom. The number of ether oxygens (including phenoxy) is 2. The predicted molar refractivity (Wildman–Crippen MR) is 80.8 cm³/mol. The van der Waals surface area contributed by atoms with Crippen molar-refractivity contribution in [1.29, 1.82) is 0 Å². The summed E-state index contributed by atoms with van der Waals surface area (Å²) in [6.07, 6.45) is 5.15.